The van der Waals surface area contributed by atoms with Crippen molar-refractivity contribution in [2.45, 2.75) is 25.8 Å². The van der Waals surface area contributed by atoms with Gasteiger partial charge in [-0.15, -0.1) is 0 Å². The van der Waals surface area contributed by atoms with Crippen LogP contribution in [0.15, 0.2) is 54.6 Å². The minimum Gasteiger partial charge on any atom is -0.344 e. The normalized spacial score (nSPS) is 16.2. The molecular weight excluding hydrogens is 284 g/mol. The van der Waals surface area contributed by atoms with Gasteiger partial charge < -0.3 is 10.2 Å². The number of nitrogens with one attached hydrogen (secondary N) is 1. The summed E-state index contributed by atoms with van der Waals surface area (Å²) < 4.78 is 0. The molecule has 1 aliphatic rings. The third-order valence-corrected chi connectivity index (χ3v) is 4.46. The first-order chi connectivity index (χ1) is 11.2. The van der Waals surface area contributed by atoms with E-state index in [0.29, 0.717) is 0 Å². The molecule has 1 N–H and O–H groups in total. The number of hydrogen-bond acceptors (Lipinski definition) is 2. The van der Waals surface area contributed by atoms with Crippen molar-refractivity contribution < 1.29 is 4.79 Å². The summed E-state index contributed by atoms with van der Waals surface area (Å²) in [6.07, 6.45) is 2.51. The molecule has 1 aliphatic heterocycles. The highest BCUT2D eigenvalue weighted by Gasteiger charge is 2.21. The number of amides is 1. The van der Waals surface area contributed by atoms with Crippen LogP contribution in [-0.2, 0) is 0 Å². The molecule has 2 aromatic rings. The molecule has 0 bridgehead atoms. The van der Waals surface area contributed by atoms with E-state index in [1.54, 1.807) is 0 Å². The molecule has 1 atom stereocenters. The summed E-state index contributed by atoms with van der Waals surface area (Å²) in [5.74, 6) is -0.00181. The first-order valence-corrected chi connectivity index (χ1v) is 8.37. The van der Waals surface area contributed by atoms with E-state index in [0.717, 1.165) is 25.2 Å². The van der Waals surface area contributed by atoms with Crippen molar-refractivity contribution in [3.8, 4) is 0 Å². The van der Waals surface area contributed by atoms with Crippen LogP contribution < -0.4 is 5.32 Å². The zero-order chi connectivity index (χ0) is 16.1. The largest absolute Gasteiger partial charge is 0.344 e. The van der Waals surface area contributed by atoms with Crippen molar-refractivity contribution >= 4 is 5.91 Å². The molecule has 0 spiro atoms. The van der Waals surface area contributed by atoms with E-state index in [1.165, 1.54) is 24.0 Å². The van der Waals surface area contributed by atoms with Gasteiger partial charge in [-0.05, 0) is 50.6 Å². The van der Waals surface area contributed by atoms with Gasteiger partial charge in [0.2, 0.25) is 0 Å². The zero-order valence-electron chi connectivity index (χ0n) is 13.7. The molecule has 23 heavy (non-hydrogen) atoms. The Hall–Kier alpha value is -2.13. The molecule has 1 fully saturated rings. The summed E-state index contributed by atoms with van der Waals surface area (Å²) in [7, 11) is 0. The number of aryl methyl sites for hydroxylation is 1. The fourth-order valence-corrected chi connectivity index (χ4v) is 3.09. The van der Waals surface area contributed by atoms with Crippen molar-refractivity contribution in [1.29, 1.82) is 0 Å². The Morgan fingerprint density at radius 1 is 1.04 bits per heavy atom. The van der Waals surface area contributed by atoms with Crippen LogP contribution in [0.25, 0.3) is 0 Å². The molecule has 0 saturated carbocycles. The lowest BCUT2D eigenvalue weighted by molar-refractivity contribution is 0.0927. The Morgan fingerprint density at radius 2 is 1.70 bits per heavy atom. The minimum atomic E-state index is -0.00181. The molecule has 1 amide bonds. The maximum absolute atomic E-state index is 12.6. The zero-order valence-corrected chi connectivity index (χ0v) is 13.7. The Morgan fingerprint density at radius 3 is 2.35 bits per heavy atom. The summed E-state index contributed by atoms with van der Waals surface area (Å²) in [5.41, 5.74) is 3.05. The summed E-state index contributed by atoms with van der Waals surface area (Å²) in [6, 6.07) is 18.0. The average molecular weight is 308 g/mol. The fraction of sp³-hybridized carbons (Fsp3) is 0.350. The Balaban J connectivity index is 1.74. The van der Waals surface area contributed by atoms with E-state index >= 15 is 0 Å². The molecular formula is C20H24N2O. The molecule has 1 saturated heterocycles. The highest BCUT2D eigenvalue weighted by Crippen LogP contribution is 2.18. The van der Waals surface area contributed by atoms with Gasteiger partial charge in [0.25, 0.3) is 5.91 Å². The predicted molar refractivity (Wildman–Crippen MR) is 93.5 cm³/mol. The van der Waals surface area contributed by atoms with E-state index < -0.39 is 0 Å². The lowest BCUT2D eigenvalue weighted by atomic mass is 10.1. The maximum Gasteiger partial charge on any atom is 0.251 e. The van der Waals surface area contributed by atoms with Gasteiger partial charge in [-0.2, -0.15) is 0 Å². The quantitative estimate of drug-likeness (QED) is 0.916. The molecule has 1 unspecified atom stereocenters. The molecule has 3 heteroatoms. The van der Waals surface area contributed by atoms with Crippen LogP contribution in [0.2, 0.25) is 0 Å². The fourth-order valence-electron chi connectivity index (χ4n) is 3.09. The smallest absolute Gasteiger partial charge is 0.251 e. The van der Waals surface area contributed by atoms with Gasteiger partial charge in [0.15, 0.2) is 0 Å². The van der Waals surface area contributed by atoms with Crippen LogP contribution in [0.5, 0.6) is 0 Å². The standard InChI is InChI=1S/C20H24N2O/c1-16-9-11-18(12-10-16)20(23)21-19(15-22-13-5-6-14-22)17-7-3-2-4-8-17/h2-4,7-12,19H,5-6,13-15H2,1H3,(H,21,23). The SMILES string of the molecule is Cc1ccc(C(=O)NC(CN2CCCC2)c2ccccc2)cc1. The van der Waals surface area contributed by atoms with Crippen LogP contribution in [0.4, 0.5) is 0 Å². The Bertz CT molecular complexity index is 630. The number of rotatable bonds is 5. The van der Waals surface area contributed by atoms with Crippen LogP contribution in [0, 0.1) is 6.92 Å². The van der Waals surface area contributed by atoms with E-state index in [9.17, 15) is 4.79 Å². The molecule has 1 heterocycles. The van der Waals surface area contributed by atoms with Gasteiger partial charge in [0.05, 0.1) is 6.04 Å². The monoisotopic (exact) mass is 308 g/mol. The van der Waals surface area contributed by atoms with Crippen molar-refractivity contribution in [3.05, 3.63) is 71.3 Å². The molecule has 0 aliphatic carbocycles. The third kappa shape index (κ3) is 4.20. The van der Waals surface area contributed by atoms with Gasteiger partial charge in [0, 0.05) is 12.1 Å². The second-order valence-corrected chi connectivity index (χ2v) is 6.31. The Labute approximate surface area is 138 Å². The van der Waals surface area contributed by atoms with E-state index in [1.807, 2.05) is 49.4 Å². The molecule has 2 aromatic carbocycles. The van der Waals surface area contributed by atoms with Crippen LogP contribution in [-0.4, -0.2) is 30.4 Å². The number of benzene rings is 2. The summed E-state index contributed by atoms with van der Waals surface area (Å²) in [6.45, 7) is 5.16. The van der Waals surface area contributed by atoms with Crippen molar-refractivity contribution in [2.75, 3.05) is 19.6 Å². The van der Waals surface area contributed by atoms with Gasteiger partial charge in [-0.1, -0.05) is 48.0 Å². The van der Waals surface area contributed by atoms with Crippen molar-refractivity contribution in [3.63, 3.8) is 0 Å². The van der Waals surface area contributed by atoms with Crippen LogP contribution in [0.3, 0.4) is 0 Å². The predicted octanol–water partition coefficient (Wildman–Crippen LogP) is 3.56. The molecule has 3 nitrogen and oxygen atoms in total. The highest BCUT2D eigenvalue weighted by atomic mass is 16.1. The minimum absolute atomic E-state index is 0.00181. The molecule has 3 rings (SSSR count). The molecule has 120 valence electrons. The summed E-state index contributed by atoms with van der Waals surface area (Å²) >= 11 is 0. The Kier molecular flexibility index (Phi) is 5.09. The van der Waals surface area contributed by atoms with E-state index in [2.05, 4.69) is 22.3 Å². The first-order valence-electron chi connectivity index (χ1n) is 8.37. The lowest BCUT2D eigenvalue weighted by Crippen LogP contribution is -2.37. The number of carbonyl (C=O) groups excluding carboxylic acids is 1. The lowest BCUT2D eigenvalue weighted by Gasteiger charge is -2.25. The van der Waals surface area contributed by atoms with Gasteiger partial charge in [-0.25, -0.2) is 0 Å². The maximum atomic E-state index is 12.6. The number of hydrogen-bond donors (Lipinski definition) is 1. The molecule has 0 radical (unpaired) electrons. The van der Waals surface area contributed by atoms with Crippen molar-refractivity contribution in [1.82, 2.24) is 10.2 Å². The second kappa shape index (κ2) is 7.42. The van der Waals surface area contributed by atoms with Crippen molar-refractivity contribution in [2.24, 2.45) is 0 Å². The molecule has 0 aromatic heterocycles. The van der Waals surface area contributed by atoms with Crippen LogP contribution in [0.1, 0.15) is 40.4 Å². The number of likely N-dealkylation sites (tertiary alicyclic amines) is 1. The second-order valence-electron chi connectivity index (χ2n) is 6.31. The third-order valence-electron chi connectivity index (χ3n) is 4.46. The number of nitrogens with zero attached hydrogens (tertiary/aromatic N) is 1. The summed E-state index contributed by atoms with van der Waals surface area (Å²) in [5, 5.41) is 3.22. The van der Waals surface area contributed by atoms with Gasteiger partial charge in [0.1, 0.15) is 0 Å². The highest BCUT2D eigenvalue weighted by molar-refractivity contribution is 5.94. The van der Waals surface area contributed by atoms with E-state index in [-0.39, 0.29) is 11.9 Å². The van der Waals surface area contributed by atoms with Gasteiger partial charge in [-0.3, -0.25) is 4.79 Å². The number of carbonyl (C=O) groups is 1. The summed E-state index contributed by atoms with van der Waals surface area (Å²) in [4.78, 5) is 15.0. The first kappa shape index (κ1) is 15.8. The van der Waals surface area contributed by atoms with Gasteiger partial charge >= 0.3 is 0 Å². The van der Waals surface area contributed by atoms with E-state index in [4.69, 9.17) is 0 Å². The van der Waals surface area contributed by atoms with Crippen LogP contribution >= 0.6 is 0 Å². The topological polar surface area (TPSA) is 32.3 Å². The average Bonchev–Trinajstić information content (AvgIpc) is 3.09.